The number of hydrogen-bond donors (Lipinski definition) is 7. The van der Waals surface area contributed by atoms with Gasteiger partial charge in [0.2, 0.25) is 11.8 Å². The van der Waals surface area contributed by atoms with Crippen LogP contribution in [0.3, 0.4) is 0 Å². The van der Waals surface area contributed by atoms with Gasteiger partial charge >= 0.3 is 12.1 Å². The number of fused-ring (bicyclic) bond motifs is 1. The van der Waals surface area contributed by atoms with Gasteiger partial charge in [-0.2, -0.15) is 5.10 Å². The number of nitrogens with zero attached hydrogens (tertiary/aromatic N) is 7. The molecule has 0 unspecified atom stereocenters. The fraction of sp³-hybridized carbons (Fsp3) is 0.344. The molecule has 0 spiro atoms. The smallest absolute Gasteiger partial charge is 0.319 e. The van der Waals surface area contributed by atoms with Gasteiger partial charge in [0.25, 0.3) is 11.8 Å². The third-order valence-corrected chi connectivity index (χ3v) is 15.2. The molecule has 3 aliphatic heterocycles. The molecule has 3 aliphatic rings. The molecule has 20 nitrogen and oxygen atoms in total. The summed E-state index contributed by atoms with van der Waals surface area (Å²) in [5.74, 6) is 0.405. The van der Waals surface area contributed by atoms with E-state index >= 15 is 0 Å². The molecular weight excluding hydrogens is 1060 g/mol. The van der Waals surface area contributed by atoms with Crippen LogP contribution in [0.2, 0.25) is 0 Å². The molecule has 0 bridgehead atoms. The van der Waals surface area contributed by atoms with Crippen LogP contribution in [-0.2, 0) is 28.7 Å². The number of rotatable bonds is 17. The maximum Gasteiger partial charge on any atom is 0.319 e. The molecule has 5 aromatic carbocycles. The summed E-state index contributed by atoms with van der Waals surface area (Å²) >= 11 is 0. The summed E-state index contributed by atoms with van der Waals surface area (Å²) in [6.07, 6.45) is 0.760. The molecule has 7 N–H and O–H groups in total. The van der Waals surface area contributed by atoms with E-state index in [1.165, 1.54) is 0 Å². The number of likely N-dealkylation sites (N-methyl/N-ethyl adjacent to an activating group) is 2. The van der Waals surface area contributed by atoms with Gasteiger partial charge in [-0.25, -0.2) is 9.59 Å². The Balaban J connectivity index is 0.000000221. The van der Waals surface area contributed by atoms with Gasteiger partial charge < -0.3 is 56.8 Å². The van der Waals surface area contributed by atoms with Crippen molar-refractivity contribution in [3.05, 3.63) is 178 Å². The fourth-order valence-corrected chi connectivity index (χ4v) is 10.7. The van der Waals surface area contributed by atoms with Crippen molar-refractivity contribution in [2.75, 3.05) is 81.0 Å². The highest BCUT2D eigenvalue weighted by atomic mass is 16.2. The number of aliphatic imine (C=N–C) groups is 1. The number of aromatic nitrogens is 2. The maximum absolute atomic E-state index is 13.7. The first-order valence-electron chi connectivity index (χ1n) is 28.2. The normalized spacial score (nSPS) is 15.2. The van der Waals surface area contributed by atoms with E-state index in [2.05, 4.69) is 61.1 Å². The van der Waals surface area contributed by atoms with Gasteiger partial charge in [-0.15, -0.1) is 0 Å². The predicted octanol–water partition coefficient (Wildman–Crippen LogP) is 9.60. The zero-order chi connectivity index (χ0) is 60.5. The Hall–Kier alpha value is -9.14. The molecule has 1 aromatic heterocycles. The van der Waals surface area contributed by atoms with E-state index in [0.717, 1.165) is 45.1 Å². The summed E-state index contributed by atoms with van der Waals surface area (Å²) in [5.41, 5.74) is 8.33. The predicted molar refractivity (Wildman–Crippen MR) is 331 cm³/mol. The summed E-state index contributed by atoms with van der Waals surface area (Å²) in [7, 11) is 9.78. The van der Waals surface area contributed by atoms with Crippen LogP contribution in [0.5, 0.6) is 0 Å². The number of benzene rings is 5. The summed E-state index contributed by atoms with van der Waals surface area (Å²) in [6.45, 7) is 14.3. The first-order chi connectivity index (χ1) is 40.0. The minimum Gasteiger partial charge on any atom is -0.340 e. The summed E-state index contributed by atoms with van der Waals surface area (Å²) in [4.78, 5) is 89.1. The van der Waals surface area contributed by atoms with E-state index in [1.807, 2.05) is 144 Å². The van der Waals surface area contributed by atoms with Crippen molar-refractivity contribution in [3.8, 4) is 0 Å². The monoisotopic (exact) mass is 1140 g/mol. The molecule has 0 saturated heterocycles. The topological polar surface area (TPSA) is 230 Å². The van der Waals surface area contributed by atoms with Crippen molar-refractivity contribution in [1.82, 2.24) is 40.0 Å². The number of carbonyl (C=O) groups excluding carboxylic acids is 6. The summed E-state index contributed by atoms with van der Waals surface area (Å²) in [5, 5.41) is 25.9. The number of carbonyl (C=O) groups is 6. The lowest BCUT2D eigenvalue weighted by Gasteiger charge is -2.36. The second kappa shape index (κ2) is 26.4. The zero-order valence-corrected chi connectivity index (χ0v) is 49.9. The molecule has 0 radical (unpaired) electrons. The van der Waals surface area contributed by atoms with Crippen LogP contribution >= 0.6 is 0 Å². The first kappa shape index (κ1) is 60.9. The number of anilines is 5. The van der Waals surface area contributed by atoms with Crippen molar-refractivity contribution in [3.63, 3.8) is 0 Å². The molecule has 0 aliphatic carbocycles. The lowest BCUT2D eigenvalue weighted by atomic mass is 9.94. The van der Waals surface area contributed by atoms with Crippen LogP contribution in [-0.4, -0.2) is 131 Å². The molecule has 2 atom stereocenters. The highest BCUT2D eigenvalue weighted by Gasteiger charge is 2.47. The average Bonchev–Trinajstić information content (AvgIpc) is 2.12. The van der Waals surface area contributed by atoms with Crippen LogP contribution in [0.25, 0.3) is 0 Å². The Labute approximate surface area is 492 Å². The second-order valence-corrected chi connectivity index (χ2v) is 22.6. The molecule has 8 amide bonds. The van der Waals surface area contributed by atoms with E-state index in [4.69, 9.17) is 4.99 Å². The fourth-order valence-electron chi connectivity index (χ4n) is 10.7. The van der Waals surface area contributed by atoms with Crippen LogP contribution in [0.15, 0.2) is 150 Å². The molecule has 0 saturated carbocycles. The van der Waals surface area contributed by atoms with Gasteiger partial charge in [-0.05, 0) is 139 Å². The van der Waals surface area contributed by atoms with Gasteiger partial charge in [0.1, 0.15) is 5.84 Å². The minimum atomic E-state index is -0.650. The van der Waals surface area contributed by atoms with Crippen LogP contribution < -0.4 is 37.2 Å². The van der Waals surface area contributed by atoms with E-state index in [-0.39, 0.29) is 47.8 Å². The molecule has 84 heavy (non-hydrogen) atoms. The third kappa shape index (κ3) is 14.4. The van der Waals surface area contributed by atoms with Crippen molar-refractivity contribution < 1.29 is 28.8 Å². The zero-order valence-electron chi connectivity index (χ0n) is 49.9. The SMILES string of the molecule is CCC(=O)Nc1ccc(C(=O)Nc2cccc(NC3=NCC4=C3CN(C(=O)N[C@H](CN(C)C)c3ccccc3)C4(C)C)c2)cc1.CCC(=O)Nc1ccc(C(=O)Nc2nn(C)c3c2CN(C(=O)N[C@H](CN(C)C)c2ccccc2)C3(C)C)cc1. The van der Waals surface area contributed by atoms with Crippen LogP contribution in [0.1, 0.15) is 110 Å². The van der Waals surface area contributed by atoms with Crippen LogP contribution in [0, 0.1) is 0 Å². The van der Waals surface area contributed by atoms with Crippen molar-refractivity contribution in [2.24, 2.45) is 12.0 Å². The summed E-state index contributed by atoms with van der Waals surface area (Å²) in [6, 6.07) is 40.2. The molecule has 9 rings (SSSR count). The molecule has 20 heteroatoms. The molecular formula is C64H78N14O6. The molecule has 0 fully saturated rings. The number of urea groups is 2. The Morgan fingerprint density at radius 1 is 0.560 bits per heavy atom. The van der Waals surface area contributed by atoms with Gasteiger partial charge in [0.05, 0.1) is 48.5 Å². The summed E-state index contributed by atoms with van der Waals surface area (Å²) < 4.78 is 1.73. The Kier molecular flexibility index (Phi) is 19.2. The van der Waals surface area contributed by atoms with E-state index in [1.54, 1.807) is 72.0 Å². The van der Waals surface area contributed by atoms with Crippen molar-refractivity contribution >= 4 is 70.1 Å². The molecule has 6 aromatic rings. The third-order valence-electron chi connectivity index (χ3n) is 15.2. The molecule has 440 valence electrons. The largest absolute Gasteiger partial charge is 0.340 e. The average molecular weight is 1140 g/mol. The van der Waals surface area contributed by atoms with E-state index in [0.29, 0.717) is 79.6 Å². The highest BCUT2D eigenvalue weighted by molar-refractivity contribution is 6.12. The van der Waals surface area contributed by atoms with Crippen molar-refractivity contribution in [2.45, 2.75) is 84.1 Å². The Morgan fingerprint density at radius 3 is 1.52 bits per heavy atom. The van der Waals surface area contributed by atoms with Gasteiger partial charge in [0, 0.05) is 78.0 Å². The number of nitrogens with one attached hydrogen (secondary N) is 7. The standard InChI is InChI=1S/C35H41N7O3.C29H37N7O3/c1-6-31(43)37-25-17-15-24(16-18-25)33(44)39-27-14-10-13-26(19-27)38-32-28-21-42(35(2,3)29(28)20-36-32)34(45)40-30(22-41(4)5)23-11-8-7-9-12-23;1-7-24(37)30-21-15-13-20(14-16-21)27(38)32-26-22-17-36(29(2,3)25(22)35(6)33-26)28(39)31-23(18-34(4)5)19-11-9-8-10-12-19/h7-19,30H,6,20-22H2,1-5H3,(H,36,38)(H,37,43)(H,39,44)(H,40,45);8-16,23H,7,17-18H2,1-6H3,(H,30,37)(H,31,39)(H,32,33,38)/t30-;23-/m11/s1. The van der Waals surface area contributed by atoms with Gasteiger partial charge in [-0.3, -0.25) is 28.9 Å². The number of aryl methyl sites for hydroxylation is 1. The first-order valence-corrected chi connectivity index (χ1v) is 28.2. The quantitative estimate of drug-likeness (QED) is 0.0457. The van der Waals surface area contributed by atoms with Gasteiger partial charge in [0.15, 0.2) is 5.82 Å². The second-order valence-electron chi connectivity index (χ2n) is 22.6. The lowest BCUT2D eigenvalue weighted by molar-refractivity contribution is -0.116. The Morgan fingerprint density at radius 2 is 1.04 bits per heavy atom. The van der Waals surface area contributed by atoms with E-state index in [9.17, 15) is 28.8 Å². The number of amidine groups is 1. The van der Waals surface area contributed by atoms with E-state index < -0.39 is 11.1 Å². The van der Waals surface area contributed by atoms with Crippen LogP contribution in [0.4, 0.5) is 38.2 Å². The van der Waals surface area contributed by atoms with Gasteiger partial charge in [-0.1, -0.05) is 80.6 Å². The lowest BCUT2D eigenvalue weighted by Crippen LogP contribution is -2.52. The maximum atomic E-state index is 13.7. The number of hydrogen-bond acceptors (Lipinski definition) is 11. The molecule has 4 heterocycles. The minimum absolute atomic E-state index is 0.0832. The highest BCUT2D eigenvalue weighted by Crippen LogP contribution is 2.42. The Bertz CT molecular complexity index is 3430. The van der Waals surface area contributed by atoms with Crippen molar-refractivity contribution in [1.29, 1.82) is 0 Å². The number of amides is 8.